The Balaban J connectivity index is 2.14. The van der Waals surface area contributed by atoms with Gasteiger partial charge in [0.05, 0.1) is 11.3 Å². The van der Waals surface area contributed by atoms with Crippen molar-refractivity contribution >= 4 is 0 Å². The number of nitrogens with zero attached hydrogens (tertiary/aromatic N) is 2. The van der Waals surface area contributed by atoms with Gasteiger partial charge < -0.3 is 5.32 Å². The maximum absolute atomic E-state index is 12.8. The minimum atomic E-state index is -4.30. The van der Waals surface area contributed by atoms with Crippen LogP contribution < -0.4 is 5.32 Å². The van der Waals surface area contributed by atoms with Crippen LogP contribution in [0.2, 0.25) is 0 Å². The van der Waals surface area contributed by atoms with Crippen molar-refractivity contribution in [3.8, 4) is 0 Å². The molecule has 3 nitrogen and oxygen atoms in total. The number of piperidine rings is 1. The van der Waals surface area contributed by atoms with Gasteiger partial charge in [0, 0.05) is 13.2 Å². The Morgan fingerprint density at radius 3 is 2.65 bits per heavy atom. The maximum atomic E-state index is 12.8. The first-order valence-electron chi connectivity index (χ1n) is 5.77. The minimum absolute atomic E-state index is 0.187. The average Bonchev–Trinajstić information content (AvgIpc) is 2.60. The standard InChI is InChI=1S/C11H16F3N3/c1-17-7-9(11(12,13)14)10(16-17)6-8-2-4-15-5-3-8/h7-8,15H,2-6H2,1H3. The van der Waals surface area contributed by atoms with Gasteiger partial charge in [0.2, 0.25) is 0 Å². The topological polar surface area (TPSA) is 29.9 Å². The molecule has 0 amide bonds. The molecule has 0 aromatic carbocycles. The predicted molar refractivity (Wildman–Crippen MR) is 57.5 cm³/mol. The number of rotatable bonds is 2. The van der Waals surface area contributed by atoms with E-state index in [0.717, 1.165) is 32.1 Å². The molecule has 1 aromatic heterocycles. The van der Waals surface area contributed by atoms with Crippen molar-refractivity contribution in [1.82, 2.24) is 15.1 Å². The predicted octanol–water partition coefficient (Wildman–Crippen LogP) is 1.98. The molecule has 1 N–H and O–H groups in total. The van der Waals surface area contributed by atoms with E-state index in [0.29, 0.717) is 12.3 Å². The van der Waals surface area contributed by atoms with Gasteiger partial charge in [-0.2, -0.15) is 18.3 Å². The zero-order chi connectivity index (χ0) is 12.5. The highest BCUT2D eigenvalue weighted by Gasteiger charge is 2.36. The first kappa shape index (κ1) is 12.4. The smallest absolute Gasteiger partial charge is 0.317 e. The lowest BCUT2D eigenvalue weighted by molar-refractivity contribution is -0.138. The molecule has 0 saturated carbocycles. The summed E-state index contributed by atoms with van der Waals surface area (Å²) in [6.07, 6.45) is -0.952. The van der Waals surface area contributed by atoms with Crippen molar-refractivity contribution in [2.24, 2.45) is 13.0 Å². The Morgan fingerprint density at radius 2 is 2.06 bits per heavy atom. The molecule has 0 radical (unpaired) electrons. The zero-order valence-electron chi connectivity index (χ0n) is 9.72. The van der Waals surface area contributed by atoms with E-state index < -0.39 is 11.7 Å². The summed E-state index contributed by atoms with van der Waals surface area (Å²) in [7, 11) is 1.53. The molecule has 6 heteroatoms. The van der Waals surface area contributed by atoms with Gasteiger partial charge in [-0.1, -0.05) is 0 Å². The normalized spacial score (nSPS) is 18.6. The summed E-state index contributed by atoms with van der Waals surface area (Å²) in [6, 6.07) is 0. The van der Waals surface area contributed by atoms with Crippen LogP contribution in [-0.2, 0) is 19.6 Å². The van der Waals surface area contributed by atoms with Crippen LogP contribution in [-0.4, -0.2) is 22.9 Å². The average molecular weight is 247 g/mol. The van der Waals surface area contributed by atoms with E-state index in [1.54, 1.807) is 0 Å². The molecule has 0 spiro atoms. The van der Waals surface area contributed by atoms with Crippen LogP contribution in [0.3, 0.4) is 0 Å². The number of alkyl halides is 3. The molecule has 2 rings (SSSR count). The number of hydrogen-bond donors (Lipinski definition) is 1. The zero-order valence-corrected chi connectivity index (χ0v) is 9.72. The Labute approximate surface area is 98.0 Å². The molecule has 1 saturated heterocycles. The summed E-state index contributed by atoms with van der Waals surface area (Å²) < 4.78 is 39.5. The van der Waals surface area contributed by atoms with E-state index in [1.807, 2.05) is 0 Å². The SMILES string of the molecule is Cn1cc(C(F)(F)F)c(CC2CCNCC2)n1. The molecule has 1 aliphatic rings. The Hall–Kier alpha value is -1.04. The molecule has 1 aromatic rings. The number of nitrogens with one attached hydrogen (secondary N) is 1. The second kappa shape index (κ2) is 4.68. The molecule has 0 bridgehead atoms. The lowest BCUT2D eigenvalue weighted by Gasteiger charge is -2.22. The quantitative estimate of drug-likeness (QED) is 0.866. The third kappa shape index (κ3) is 3.00. The van der Waals surface area contributed by atoms with Gasteiger partial charge in [0.25, 0.3) is 0 Å². The molecule has 1 aliphatic heterocycles. The summed E-state index contributed by atoms with van der Waals surface area (Å²) in [5, 5.41) is 7.15. The lowest BCUT2D eigenvalue weighted by Crippen LogP contribution is -2.29. The molecule has 17 heavy (non-hydrogen) atoms. The minimum Gasteiger partial charge on any atom is -0.317 e. The molecule has 0 aliphatic carbocycles. The van der Waals surface area contributed by atoms with E-state index in [4.69, 9.17) is 0 Å². The van der Waals surface area contributed by atoms with Crippen molar-refractivity contribution < 1.29 is 13.2 Å². The monoisotopic (exact) mass is 247 g/mol. The van der Waals surface area contributed by atoms with Crippen LogP contribution in [0.1, 0.15) is 24.1 Å². The van der Waals surface area contributed by atoms with Crippen molar-refractivity contribution in [1.29, 1.82) is 0 Å². The van der Waals surface area contributed by atoms with Crippen LogP contribution in [0.25, 0.3) is 0 Å². The van der Waals surface area contributed by atoms with Gasteiger partial charge in [-0.05, 0) is 38.3 Å². The summed E-state index contributed by atoms with van der Waals surface area (Å²) in [5.41, 5.74) is -0.398. The summed E-state index contributed by atoms with van der Waals surface area (Å²) >= 11 is 0. The number of aryl methyl sites for hydroxylation is 1. The molecule has 0 atom stereocenters. The van der Waals surface area contributed by atoms with E-state index in [2.05, 4.69) is 10.4 Å². The van der Waals surface area contributed by atoms with Crippen LogP contribution in [0, 0.1) is 5.92 Å². The first-order chi connectivity index (χ1) is 7.97. The fourth-order valence-corrected chi connectivity index (χ4v) is 2.28. The maximum Gasteiger partial charge on any atom is 0.419 e. The van der Waals surface area contributed by atoms with E-state index in [9.17, 15) is 13.2 Å². The number of hydrogen-bond acceptors (Lipinski definition) is 2. The summed E-state index contributed by atoms with van der Waals surface area (Å²) in [6.45, 7) is 1.78. The van der Waals surface area contributed by atoms with Gasteiger partial charge in [-0.25, -0.2) is 0 Å². The van der Waals surface area contributed by atoms with Crippen molar-refractivity contribution in [3.63, 3.8) is 0 Å². The highest BCUT2D eigenvalue weighted by molar-refractivity contribution is 5.21. The molecule has 1 fully saturated rings. The first-order valence-corrected chi connectivity index (χ1v) is 5.77. The largest absolute Gasteiger partial charge is 0.419 e. The Kier molecular flexibility index (Phi) is 3.42. The molecular weight excluding hydrogens is 231 g/mol. The van der Waals surface area contributed by atoms with Gasteiger partial charge in [0.1, 0.15) is 0 Å². The summed E-state index contributed by atoms with van der Waals surface area (Å²) in [5.74, 6) is 0.312. The third-order valence-electron chi connectivity index (χ3n) is 3.15. The summed E-state index contributed by atoms with van der Waals surface area (Å²) in [4.78, 5) is 0. The number of aromatic nitrogens is 2. The van der Waals surface area contributed by atoms with Crippen LogP contribution in [0.15, 0.2) is 6.20 Å². The van der Waals surface area contributed by atoms with E-state index >= 15 is 0 Å². The highest BCUT2D eigenvalue weighted by atomic mass is 19.4. The molecular formula is C11H16F3N3. The van der Waals surface area contributed by atoms with Crippen molar-refractivity contribution in [2.45, 2.75) is 25.4 Å². The van der Waals surface area contributed by atoms with Gasteiger partial charge in [-0.3, -0.25) is 4.68 Å². The van der Waals surface area contributed by atoms with Gasteiger partial charge in [-0.15, -0.1) is 0 Å². The molecule has 0 unspecified atom stereocenters. The van der Waals surface area contributed by atoms with Crippen LogP contribution in [0.5, 0.6) is 0 Å². The van der Waals surface area contributed by atoms with Gasteiger partial charge in [0.15, 0.2) is 0 Å². The van der Waals surface area contributed by atoms with Crippen molar-refractivity contribution in [2.75, 3.05) is 13.1 Å². The fraction of sp³-hybridized carbons (Fsp3) is 0.727. The van der Waals surface area contributed by atoms with Crippen LogP contribution in [0.4, 0.5) is 13.2 Å². The lowest BCUT2D eigenvalue weighted by atomic mass is 9.92. The highest BCUT2D eigenvalue weighted by Crippen LogP contribution is 2.33. The van der Waals surface area contributed by atoms with E-state index in [-0.39, 0.29) is 5.69 Å². The second-order valence-electron chi connectivity index (χ2n) is 4.56. The van der Waals surface area contributed by atoms with E-state index in [1.165, 1.54) is 11.7 Å². The Morgan fingerprint density at radius 1 is 1.41 bits per heavy atom. The van der Waals surface area contributed by atoms with Crippen LogP contribution >= 0.6 is 0 Å². The van der Waals surface area contributed by atoms with Crippen molar-refractivity contribution in [3.05, 3.63) is 17.5 Å². The number of halogens is 3. The Bertz CT molecular complexity index is 378. The molecule has 96 valence electrons. The second-order valence-corrected chi connectivity index (χ2v) is 4.56. The van der Waals surface area contributed by atoms with Gasteiger partial charge >= 0.3 is 6.18 Å². The third-order valence-corrected chi connectivity index (χ3v) is 3.15. The molecule has 2 heterocycles. The fourth-order valence-electron chi connectivity index (χ4n) is 2.28.